The molecule has 0 aromatic rings. The fraction of sp³-hybridized carbons (Fsp3) is 0.959. The van der Waals surface area contributed by atoms with Crippen LogP contribution in [0.15, 0.2) is 0 Å². The van der Waals surface area contributed by atoms with Gasteiger partial charge >= 0.3 is 12.1 Å². The molecular formula is C49H112N20O2. The van der Waals surface area contributed by atoms with Gasteiger partial charge < -0.3 is 68.7 Å². The number of rotatable bonds is 17. The monoisotopic (exact) mass is 1010 g/mol. The summed E-state index contributed by atoms with van der Waals surface area (Å²) in [6, 6.07) is 0.0920. The average molecular weight is 1010 g/mol. The molecule has 71 heavy (non-hydrogen) atoms. The Morgan fingerprint density at radius 2 is 0.563 bits per heavy atom. The van der Waals surface area contributed by atoms with E-state index in [0.717, 1.165) is 105 Å². The van der Waals surface area contributed by atoms with Crippen molar-refractivity contribution >= 4 is 12.1 Å². The standard InChI is InChI=1S/C16H34N6.C11H23N5O.C10H22N4.C5H11N3O.C4H10N2.3CH4/c1-5-19(6-2-17-1)9-11-21-13-15-22(16-14-21)12-10-20-7-3-18-4-8-20;17-11-14-5-10-16(11)9-4-13-3-8-15-6-1-12-2-7-15;1-5-13(6-2-11-1)9-10-14-7-3-12-4-8-14;6-1-3-8-4-2-7-5(8)9;1-2-6-4-3-5-1;;;/h17-18H,1-16H2;12-13H,1-10H2,(H,14,17);11-12H,1-10H2;1-4,6H2,(H,7,9);5-6H,1-4H2;3*1H4. The Labute approximate surface area is 433 Å². The third-order valence-electron chi connectivity index (χ3n) is 14.1. The molecule has 9 aliphatic rings. The van der Waals surface area contributed by atoms with Gasteiger partial charge in [0.2, 0.25) is 0 Å². The van der Waals surface area contributed by atoms with Crippen molar-refractivity contribution in [2.45, 2.75) is 22.3 Å². The zero-order valence-corrected chi connectivity index (χ0v) is 42.5. The van der Waals surface area contributed by atoms with E-state index in [1.165, 1.54) is 170 Å². The van der Waals surface area contributed by atoms with E-state index in [2.05, 4.69) is 87.5 Å². The zero-order valence-electron chi connectivity index (χ0n) is 42.5. The van der Waals surface area contributed by atoms with Gasteiger partial charge in [-0.05, 0) is 0 Å². The van der Waals surface area contributed by atoms with Crippen LogP contribution in [0.3, 0.4) is 0 Å². The van der Waals surface area contributed by atoms with Gasteiger partial charge in [0.25, 0.3) is 0 Å². The van der Waals surface area contributed by atoms with Crippen LogP contribution in [0.25, 0.3) is 0 Å². The van der Waals surface area contributed by atoms with Gasteiger partial charge in [0.05, 0.1) is 0 Å². The van der Waals surface area contributed by atoms with Crippen LogP contribution in [-0.4, -0.2) is 344 Å². The molecular weight excluding hydrogens is 901 g/mol. The first kappa shape index (κ1) is 65.0. The van der Waals surface area contributed by atoms with Crippen LogP contribution >= 0.6 is 0 Å². The van der Waals surface area contributed by atoms with Crippen molar-refractivity contribution in [1.82, 2.24) is 97.3 Å². The number of piperazine rings is 7. The lowest BCUT2D eigenvalue weighted by molar-refractivity contribution is 0.104. The maximum absolute atomic E-state index is 11.3. The smallest absolute Gasteiger partial charge is 0.317 e. The first-order chi connectivity index (χ1) is 33.6. The topological polar surface area (TPSA) is 210 Å². The molecule has 0 spiro atoms. The summed E-state index contributed by atoms with van der Waals surface area (Å²) < 4.78 is 0. The lowest BCUT2D eigenvalue weighted by Gasteiger charge is -2.37. The van der Waals surface area contributed by atoms with Crippen LogP contribution in [0, 0.1) is 0 Å². The maximum Gasteiger partial charge on any atom is 0.317 e. The second-order valence-corrected chi connectivity index (χ2v) is 19.1. The van der Waals surface area contributed by atoms with Crippen LogP contribution in [0.1, 0.15) is 22.3 Å². The highest BCUT2D eigenvalue weighted by Gasteiger charge is 2.21. The average Bonchev–Trinajstić information content (AvgIpc) is 4.03. The lowest BCUT2D eigenvalue weighted by atomic mass is 10.3. The molecule has 0 aromatic carbocycles. The van der Waals surface area contributed by atoms with Crippen molar-refractivity contribution in [2.24, 2.45) is 5.73 Å². The number of carbonyl (C=O) groups excluding carboxylic acids is 2. The molecule has 0 atom stereocenters. The molecule has 420 valence electrons. The van der Waals surface area contributed by atoms with Gasteiger partial charge in [-0.1, -0.05) is 22.3 Å². The maximum atomic E-state index is 11.3. The minimum Gasteiger partial charge on any atom is -0.336 e. The van der Waals surface area contributed by atoms with Crippen molar-refractivity contribution in [3.63, 3.8) is 0 Å². The molecule has 9 fully saturated rings. The van der Waals surface area contributed by atoms with E-state index < -0.39 is 0 Å². The SMILES string of the molecule is C.C.C.C1CN(CCN2CCN(CCN3CCNCC3)CC2)CCN1.C1CN(CCN2CCNCC2)CCN1.C1CNCCN1.NCCN1CCNC1=O.O=C1NCCN1CCNCCN1CCNCC1. The quantitative estimate of drug-likeness (QED) is 0.0625. The van der Waals surface area contributed by atoms with Crippen LogP contribution in [-0.2, 0) is 0 Å². The summed E-state index contributed by atoms with van der Waals surface area (Å²) in [4.78, 5) is 43.7. The van der Waals surface area contributed by atoms with E-state index in [4.69, 9.17) is 5.73 Å². The number of nitrogens with one attached hydrogen (secondary N) is 10. The summed E-state index contributed by atoms with van der Waals surface area (Å²) >= 11 is 0. The molecule has 12 N–H and O–H groups in total. The third kappa shape index (κ3) is 29.5. The minimum atomic E-state index is 0. The number of hydrogen-bond donors (Lipinski definition) is 11. The molecule has 0 aromatic heterocycles. The zero-order chi connectivity index (χ0) is 47.5. The van der Waals surface area contributed by atoms with Crippen LogP contribution < -0.4 is 58.9 Å². The van der Waals surface area contributed by atoms with Gasteiger partial charge in [0.15, 0.2) is 0 Å². The Balaban J connectivity index is 0.000000318. The molecule has 22 heteroatoms. The van der Waals surface area contributed by atoms with E-state index in [1.807, 2.05) is 4.90 Å². The minimum absolute atomic E-state index is 0. The van der Waals surface area contributed by atoms with E-state index >= 15 is 0 Å². The van der Waals surface area contributed by atoms with Gasteiger partial charge in [0, 0.05) is 288 Å². The van der Waals surface area contributed by atoms with Crippen molar-refractivity contribution in [1.29, 1.82) is 0 Å². The van der Waals surface area contributed by atoms with Crippen LogP contribution in [0.5, 0.6) is 0 Å². The molecule has 9 saturated heterocycles. The number of nitrogens with two attached hydrogens (primary N) is 1. The Morgan fingerprint density at radius 1 is 0.310 bits per heavy atom. The fourth-order valence-electron chi connectivity index (χ4n) is 9.54. The fourth-order valence-corrected chi connectivity index (χ4v) is 9.54. The second kappa shape index (κ2) is 42.2. The Bertz CT molecular complexity index is 1180. The van der Waals surface area contributed by atoms with Crippen molar-refractivity contribution in [3.05, 3.63) is 0 Å². The third-order valence-corrected chi connectivity index (χ3v) is 14.1. The van der Waals surface area contributed by atoms with Gasteiger partial charge in [-0.2, -0.15) is 0 Å². The van der Waals surface area contributed by atoms with E-state index in [-0.39, 0.29) is 34.3 Å². The molecule has 4 amide bonds. The molecule has 9 aliphatic heterocycles. The predicted molar refractivity (Wildman–Crippen MR) is 297 cm³/mol. The van der Waals surface area contributed by atoms with E-state index in [9.17, 15) is 9.59 Å². The second-order valence-electron chi connectivity index (χ2n) is 19.1. The largest absolute Gasteiger partial charge is 0.336 e. The Morgan fingerprint density at radius 3 is 0.831 bits per heavy atom. The van der Waals surface area contributed by atoms with Crippen LogP contribution in [0.4, 0.5) is 9.59 Å². The van der Waals surface area contributed by atoms with Crippen molar-refractivity contribution in [2.75, 3.05) is 288 Å². The highest BCUT2D eigenvalue weighted by atomic mass is 16.2. The first-order valence-corrected chi connectivity index (χ1v) is 27.0. The van der Waals surface area contributed by atoms with Gasteiger partial charge in [0.1, 0.15) is 0 Å². The molecule has 9 heterocycles. The summed E-state index contributed by atoms with van der Waals surface area (Å²) in [6.07, 6.45) is 0. The highest BCUT2D eigenvalue weighted by Crippen LogP contribution is 2.04. The van der Waals surface area contributed by atoms with Gasteiger partial charge in [-0.25, -0.2) is 9.59 Å². The summed E-state index contributed by atoms with van der Waals surface area (Å²) in [7, 11) is 0. The normalized spacial score (nSPS) is 23.3. The van der Waals surface area contributed by atoms with E-state index in [1.54, 1.807) is 4.90 Å². The highest BCUT2D eigenvalue weighted by molar-refractivity contribution is 5.76. The first-order valence-electron chi connectivity index (χ1n) is 27.0. The number of amides is 4. The molecule has 0 aliphatic carbocycles. The van der Waals surface area contributed by atoms with Crippen LogP contribution in [0.2, 0.25) is 0 Å². The lowest BCUT2D eigenvalue weighted by Crippen LogP contribution is -2.52. The van der Waals surface area contributed by atoms with Crippen molar-refractivity contribution in [3.8, 4) is 0 Å². The number of carbonyl (C=O) groups is 2. The Hall–Kier alpha value is -2.10. The number of urea groups is 2. The molecule has 0 radical (unpaired) electrons. The molecule has 0 unspecified atom stereocenters. The van der Waals surface area contributed by atoms with Crippen molar-refractivity contribution < 1.29 is 9.59 Å². The van der Waals surface area contributed by atoms with Gasteiger partial charge in [-0.3, -0.25) is 34.3 Å². The predicted octanol–water partition coefficient (Wildman–Crippen LogP) is -4.22. The number of nitrogens with zero attached hydrogens (tertiary/aromatic N) is 9. The molecule has 0 saturated carbocycles. The summed E-state index contributed by atoms with van der Waals surface area (Å²) in [5, 5.41) is 32.3. The summed E-state index contributed by atoms with van der Waals surface area (Å²) in [5.74, 6) is 0. The van der Waals surface area contributed by atoms with E-state index in [0.29, 0.717) is 13.1 Å². The molecule has 9 rings (SSSR count). The van der Waals surface area contributed by atoms with Gasteiger partial charge in [-0.15, -0.1) is 0 Å². The Kier molecular flexibility index (Phi) is 38.6. The summed E-state index contributed by atoms with van der Waals surface area (Å²) in [6.45, 7) is 49.0. The summed E-state index contributed by atoms with van der Waals surface area (Å²) in [5.41, 5.74) is 5.25. The molecule has 22 nitrogen and oxygen atoms in total. The molecule has 0 bridgehead atoms. The number of hydrogen-bond acceptors (Lipinski definition) is 18.